The van der Waals surface area contributed by atoms with Gasteiger partial charge in [0.05, 0.1) is 18.8 Å². The van der Waals surface area contributed by atoms with Crippen molar-refractivity contribution >= 4 is 17.5 Å². The number of hydrogen-bond acceptors (Lipinski definition) is 3. The van der Waals surface area contributed by atoms with Crippen LogP contribution in [0.2, 0.25) is 0 Å². The van der Waals surface area contributed by atoms with Gasteiger partial charge in [0.2, 0.25) is 11.8 Å². The minimum Gasteiger partial charge on any atom is -0.356 e. The summed E-state index contributed by atoms with van der Waals surface area (Å²) < 4.78 is 13.5. The van der Waals surface area contributed by atoms with E-state index < -0.39 is 5.82 Å². The molecule has 6 heteroatoms. The number of para-hydroxylation sites is 1. The molecule has 0 saturated carbocycles. The van der Waals surface area contributed by atoms with Crippen LogP contribution in [-0.4, -0.2) is 42.9 Å². The molecule has 0 aromatic heterocycles. The number of nitrogens with one attached hydrogen (secondary N) is 2. The molecule has 0 heterocycles. The van der Waals surface area contributed by atoms with Crippen molar-refractivity contribution in [3.8, 4) is 24.7 Å². The Hall–Kier alpha value is -2.83. The highest BCUT2D eigenvalue weighted by molar-refractivity contribution is 5.90. The number of halogens is 1. The first-order valence-electron chi connectivity index (χ1n) is 9.97. The Morgan fingerprint density at radius 3 is 2.24 bits per heavy atom. The number of hydrogen-bond donors (Lipinski definition) is 2. The second-order valence-electron chi connectivity index (χ2n) is 6.76. The molecule has 1 aromatic rings. The Kier molecular flexibility index (Phi) is 12.6. The maximum absolute atomic E-state index is 13.5. The van der Waals surface area contributed by atoms with Crippen LogP contribution in [0.25, 0.3) is 0 Å². The van der Waals surface area contributed by atoms with E-state index in [-0.39, 0.29) is 23.9 Å². The van der Waals surface area contributed by atoms with Gasteiger partial charge in [0, 0.05) is 25.9 Å². The lowest BCUT2D eigenvalue weighted by Gasteiger charge is -2.16. The molecular formula is C23H30FN3O2. The zero-order valence-corrected chi connectivity index (χ0v) is 16.9. The fourth-order valence-electron chi connectivity index (χ4n) is 2.77. The van der Waals surface area contributed by atoms with E-state index in [0.29, 0.717) is 38.9 Å². The lowest BCUT2D eigenvalue weighted by atomic mass is 10.1. The average Bonchev–Trinajstić information content (AvgIpc) is 2.70. The zero-order chi connectivity index (χ0) is 21.3. The van der Waals surface area contributed by atoms with E-state index in [1.807, 2.05) is 4.90 Å². The number of unbranched alkanes of at least 4 members (excludes halogenated alkanes) is 3. The van der Waals surface area contributed by atoms with Crippen LogP contribution >= 0.6 is 0 Å². The van der Waals surface area contributed by atoms with Crippen molar-refractivity contribution in [2.75, 3.05) is 31.5 Å². The molecule has 0 aliphatic rings. The predicted octanol–water partition coefficient (Wildman–Crippen LogP) is 3.18. The molecule has 0 unspecified atom stereocenters. The second kappa shape index (κ2) is 15.1. The lowest BCUT2D eigenvalue weighted by molar-refractivity contribution is -0.121. The van der Waals surface area contributed by atoms with Gasteiger partial charge in [0.1, 0.15) is 5.82 Å². The number of nitrogens with zero attached hydrogens (tertiary/aromatic N) is 1. The van der Waals surface area contributed by atoms with Crippen molar-refractivity contribution in [2.45, 2.75) is 44.9 Å². The normalized spacial score (nSPS) is 10.2. The summed E-state index contributed by atoms with van der Waals surface area (Å²) in [5, 5.41) is 5.43. The average molecular weight is 400 g/mol. The van der Waals surface area contributed by atoms with Crippen molar-refractivity contribution in [3.63, 3.8) is 0 Å². The summed E-state index contributed by atoms with van der Waals surface area (Å²) in [6.45, 7) is 2.60. The van der Waals surface area contributed by atoms with Gasteiger partial charge in [-0.15, -0.1) is 12.8 Å². The molecular weight excluding hydrogens is 369 g/mol. The Morgan fingerprint density at radius 2 is 1.59 bits per heavy atom. The van der Waals surface area contributed by atoms with Crippen LogP contribution in [0.5, 0.6) is 0 Å². The highest BCUT2D eigenvalue weighted by Crippen LogP contribution is 2.13. The summed E-state index contributed by atoms with van der Waals surface area (Å²) in [7, 11) is 0. The van der Waals surface area contributed by atoms with Crippen LogP contribution < -0.4 is 10.6 Å². The predicted molar refractivity (Wildman–Crippen MR) is 114 cm³/mol. The first-order chi connectivity index (χ1) is 14.1. The Morgan fingerprint density at radius 1 is 0.931 bits per heavy atom. The SMILES string of the molecule is C#CCN(CC#C)CCCCCNC(=O)CCCCC(=O)Nc1ccccc1F. The third-order valence-corrected chi connectivity index (χ3v) is 4.31. The Bertz CT molecular complexity index is 706. The van der Waals surface area contributed by atoms with Crippen molar-refractivity contribution in [3.05, 3.63) is 30.1 Å². The summed E-state index contributed by atoms with van der Waals surface area (Å²) >= 11 is 0. The van der Waals surface area contributed by atoms with Crippen LogP contribution in [-0.2, 0) is 9.59 Å². The molecule has 156 valence electrons. The molecule has 0 radical (unpaired) electrons. The van der Waals surface area contributed by atoms with E-state index >= 15 is 0 Å². The monoisotopic (exact) mass is 399 g/mol. The number of amides is 2. The van der Waals surface area contributed by atoms with Crippen molar-refractivity contribution in [1.82, 2.24) is 10.2 Å². The van der Waals surface area contributed by atoms with Gasteiger partial charge in [-0.05, 0) is 37.8 Å². The number of carbonyl (C=O) groups excluding carboxylic acids is 2. The standard InChI is InChI=1S/C23H30FN3O2/c1-3-17-27(18-4-2)19-11-5-10-16-25-22(28)14-8-9-15-23(29)26-21-13-7-6-12-20(21)24/h1-2,6-7,12-13H,5,8-11,14-19H2,(H,25,28)(H,26,29). The summed E-state index contributed by atoms with van der Waals surface area (Å²) in [6.07, 6.45) is 15.3. The summed E-state index contributed by atoms with van der Waals surface area (Å²) in [5.74, 6) is 4.47. The van der Waals surface area contributed by atoms with Crippen LogP contribution in [0.15, 0.2) is 24.3 Å². The summed E-state index contributed by atoms with van der Waals surface area (Å²) in [4.78, 5) is 25.7. The molecule has 2 amide bonds. The van der Waals surface area contributed by atoms with Crippen molar-refractivity contribution < 1.29 is 14.0 Å². The minimum atomic E-state index is -0.458. The summed E-state index contributed by atoms with van der Waals surface area (Å²) in [5.41, 5.74) is 0.178. The largest absolute Gasteiger partial charge is 0.356 e. The number of terminal acetylenes is 2. The molecule has 1 aromatic carbocycles. The van der Waals surface area contributed by atoms with Crippen molar-refractivity contribution in [1.29, 1.82) is 0 Å². The van der Waals surface area contributed by atoms with Gasteiger partial charge in [0.15, 0.2) is 0 Å². The Balaban J connectivity index is 2.03. The van der Waals surface area contributed by atoms with E-state index in [2.05, 4.69) is 22.5 Å². The van der Waals surface area contributed by atoms with Crippen LogP contribution in [0.1, 0.15) is 44.9 Å². The molecule has 0 bridgehead atoms. The fourth-order valence-corrected chi connectivity index (χ4v) is 2.77. The molecule has 29 heavy (non-hydrogen) atoms. The molecule has 1 rings (SSSR count). The van der Waals surface area contributed by atoms with Gasteiger partial charge < -0.3 is 10.6 Å². The van der Waals surface area contributed by atoms with E-state index in [9.17, 15) is 14.0 Å². The molecule has 0 spiro atoms. The van der Waals surface area contributed by atoms with Gasteiger partial charge in [-0.25, -0.2) is 4.39 Å². The number of rotatable bonds is 14. The fraction of sp³-hybridized carbons (Fsp3) is 0.478. The molecule has 2 N–H and O–H groups in total. The van der Waals surface area contributed by atoms with Crippen LogP contribution in [0.3, 0.4) is 0 Å². The third-order valence-electron chi connectivity index (χ3n) is 4.31. The topological polar surface area (TPSA) is 61.4 Å². The number of carbonyl (C=O) groups is 2. The lowest BCUT2D eigenvalue weighted by Crippen LogP contribution is -2.26. The Labute approximate surface area is 173 Å². The van der Waals surface area contributed by atoms with Crippen LogP contribution in [0, 0.1) is 30.5 Å². The quantitative estimate of drug-likeness (QED) is 0.373. The maximum atomic E-state index is 13.5. The maximum Gasteiger partial charge on any atom is 0.224 e. The summed E-state index contributed by atoms with van der Waals surface area (Å²) in [6, 6.07) is 6.04. The van der Waals surface area contributed by atoms with Gasteiger partial charge in [-0.3, -0.25) is 14.5 Å². The van der Waals surface area contributed by atoms with E-state index in [4.69, 9.17) is 12.8 Å². The van der Waals surface area contributed by atoms with E-state index in [0.717, 1.165) is 25.8 Å². The zero-order valence-electron chi connectivity index (χ0n) is 16.9. The molecule has 0 saturated heterocycles. The third kappa shape index (κ3) is 11.6. The highest BCUT2D eigenvalue weighted by Gasteiger charge is 2.07. The first kappa shape index (κ1) is 24.2. The van der Waals surface area contributed by atoms with E-state index in [1.165, 1.54) is 12.1 Å². The minimum absolute atomic E-state index is 0.0131. The number of benzene rings is 1. The molecule has 0 fully saturated rings. The number of anilines is 1. The van der Waals surface area contributed by atoms with E-state index in [1.54, 1.807) is 12.1 Å². The van der Waals surface area contributed by atoms with Crippen molar-refractivity contribution in [2.24, 2.45) is 0 Å². The molecule has 0 aliphatic heterocycles. The molecule has 0 aliphatic carbocycles. The molecule has 5 nitrogen and oxygen atoms in total. The second-order valence-corrected chi connectivity index (χ2v) is 6.76. The van der Waals surface area contributed by atoms with Gasteiger partial charge >= 0.3 is 0 Å². The molecule has 0 atom stereocenters. The van der Waals surface area contributed by atoms with Gasteiger partial charge in [0.25, 0.3) is 0 Å². The van der Waals surface area contributed by atoms with Gasteiger partial charge in [-0.1, -0.05) is 30.4 Å². The first-order valence-corrected chi connectivity index (χ1v) is 9.97. The highest BCUT2D eigenvalue weighted by atomic mass is 19.1. The van der Waals surface area contributed by atoms with Gasteiger partial charge in [-0.2, -0.15) is 0 Å². The smallest absolute Gasteiger partial charge is 0.224 e. The van der Waals surface area contributed by atoms with Crippen LogP contribution in [0.4, 0.5) is 10.1 Å².